The fourth-order valence-corrected chi connectivity index (χ4v) is 5.58. The zero-order chi connectivity index (χ0) is 21.4. The number of nitrogens with zero attached hydrogens (tertiary/aromatic N) is 3. The molecule has 30 heavy (non-hydrogen) atoms. The van der Waals surface area contributed by atoms with Crippen LogP contribution in [0, 0.1) is 0 Å². The lowest BCUT2D eigenvalue weighted by Gasteiger charge is -2.35. The Labute approximate surface area is 188 Å². The van der Waals surface area contributed by atoms with Gasteiger partial charge < -0.3 is 14.5 Å². The van der Waals surface area contributed by atoms with Gasteiger partial charge in [-0.2, -0.15) is 0 Å². The van der Waals surface area contributed by atoms with Crippen LogP contribution in [0.2, 0.25) is 5.02 Å². The van der Waals surface area contributed by atoms with Crippen molar-refractivity contribution in [3.63, 3.8) is 0 Å². The summed E-state index contributed by atoms with van der Waals surface area (Å²) in [5.41, 5.74) is 2.03. The number of thiazole rings is 1. The van der Waals surface area contributed by atoms with Gasteiger partial charge in [0.1, 0.15) is 5.60 Å². The van der Waals surface area contributed by atoms with Gasteiger partial charge in [-0.1, -0.05) is 36.6 Å². The summed E-state index contributed by atoms with van der Waals surface area (Å²) in [6.45, 7) is 8.58. The first-order valence-corrected chi connectivity index (χ1v) is 12.0. The molecular weight excluding hydrogens is 418 g/mol. The van der Waals surface area contributed by atoms with Crippen molar-refractivity contribution in [3.05, 3.63) is 45.9 Å². The number of benzene rings is 1. The number of hydrogen-bond acceptors (Lipinski definition) is 5. The minimum absolute atomic E-state index is 0.00231. The van der Waals surface area contributed by atoms with E-state index in [0.717, 1.165) is 36.1 Å². The van der Waals surface area contributed by atoms with Crippen molar-refractivity contribution >= 4 is 34.2 Å². The molecule has 2 aliphatic rings. The average molecular weight is 448 g/mol. The molecule has 1 saturated carbocycles. The van der Waals surface area contributed by atoms with E-state index < -0.39 is 5.60 Å². The Balaban J connectivity index is 1.46. The van der Waals surface area contributed by atoms with Crippen LogP contribution < -0.4 is 4.90 Å². The summed E-state index contributed by atoms with van der Waals surface area (Å²) in [4.78, 5) is 21.5. The number of amides is 1. The highest BCUT2D eigenvalue weighted by Crippen LogP contribution is 2.47. The maximum absolute atomic E-state index is 12.3. The number of carbonyl (C=O) groups excluding carboxylic acids is 1. The van der Waals surface area contributed by atoms with E-state index in [-0.39, 0.29) is 11.5 Å². The fourth-order valence-electron chi connectivity index (χ4n) is 4.48. The largest absolute Gasteiger partial charge is 0.444 e. The van der Waals surface area contributed by atoms with E-state index in [1.165, 1.54) is 24.1 Å². The predicted octanol–water partition coefficient (Wildman–Crippen LogP) is 5.71. The summed E-state index contributed by atoms with van der Waals surface area (Å²) in [5, 5.41) is 4.05. The Bertz CT molecular complexity index is 877. The van der Waals surface area contributed by atoms with Gasteiger partial charge in [0.25, 0.3) is 0 Å². The van der Waals surface area contributed by atoms with Crippen LogP contribution in [0.1, 0.15) is 57.7 Å². The molecule has 7 heteroatoms. The van der Waals surface area contributed by atoms with E-state index in [0.29, 0.717) is 13.1 Å². The predicted molar refractivity (Wildman–Crippen MR) is 123 cm³/mol. The summed E-state index contributed by atoms with van der Waals surface area (Å²) in [6, 6.07) is 8.29. The summed E-state index contributed by atoms with van der Waals surface area (Å²) < 4.78 is 5.51. The van der Waals surface area contributed by atoms with Gasteiger partial charge in [0.2, 0.25) is 0 Å². The lowest BCUT2D eigenvalue weighted by atomic mass is 9.76. The van der Waals surface area contributed by atoms with Crippen molar-refractivity contribution in [2.75, 3.05) is 31.1 Å². The molecule has 0 atom stereocenters. The number of ether oxygens (including phenoxy) is 1. The third kappa shape index (κ3) is 4.45. The Morgan fingerprint density at radius 3 is 2.33 bits per heavy atom. The highest BCUT2D eigenvalue weighted by molar-refractivity contribution is 7.13. The van der Waals surface area contributed by atoms with Crippen LogP contribution in [-0.4, -0.2) is 47.8 Å². The normalized spacial score (nSPS) is 19.2. The smallest absolute Gasteiger partial charge is 0.410 e. The second-order valence-electron chi connectivity index (χ2n) is 9.27. The zero-order valence-electron chi connectivity index (χ0n) is 18.0. The second-order valence-corrected chi connectivity index (χ2v) is 10.5. The molecule has 0 radical (unpaired) electrons. The molecule has 0 unspecified atom stereocenters. The number of hydrogen-bond donors (Lipinski definition) is 0. The van der Waals surface area contributed by atoms with Gasteiger partial charge in [0.15, 0.2) is 5.13 Å². The number of carbonyl (C=O) groups is 1. The minimum Gasteiger partial charge on any atom is -0.444 e. The number of anilines is 1. The van der Waals surface area contributed by atoms with Crippen LogP contribution in [0.5, 0.6) is 0 Å². The van der Waals surface area contributed by atoms with Gasteiger partial charge in [0.05, 0.1) is 5.69 Å². The Morgan fingerprint density at radius 1 is 1.10 bits per heavy atom. The first-order valence-electron chi connectivity index (χ1n) is 10.7. The monoisotopic (exact) mass is 447 g/mol. The van der Waals surface area contributed by atoms with Crippen molar-refractivity contribution in [2.24, 2.45) is 0 Å². The summed E-state index contributed by atoms with van der Waals surface area (Å²) >= 11 is 7.84. The van der Waals surface area contributed by atoms with Crippen molar-refractivity contribution in [1.29, 1.82) is 0 Å². The van der Waals surface area contributed by atoms with Gasteiger partial charge in [-0.25, -0.2) is 9.78 Å². The Kier molecular flexibility index (Phi) is 5.99. The molecular formula is C23H30ClN3O2S. The summed E-state index contributed by atoms with van der Waals surface area (Å²) in [6.07, 6.45) is 4.48. The van der Waals surface area contributed by atoms with Gasteiger partial charge in [-0.15, -0.1) is 11.3 Å². The molecule has 4 rings (SSSR count). The first-order chi connectivity index (χ1) is 14.3. The molecule has 1 aromatic carbocycles. The van der Waals surface area contributed by atoms with Crippen LogP contribution in [0.3, 0.4) is 0 Å². The third-order valence-corrected chi connectivity index (χ3v) is 7.19. The molecule has 2 fully saturated rings. The van der Waals surface area contributed by atoms with Crippen molar-refractivity contribution in [3.8, 4) is 0 Å². The van der Waals surface area contributed by atoms with Crippen LogP contribution in [0.25, 0.3) is 0 Å². The van der Waals surface area contributed by atoms with E-state index in [2.05, 4.69) is 22.4 Å². The zero-order valence-corrected chi connectivity index (χ0v) is 19.6. The highest BCUT2D eigenvalue weighted by Gasteiger charge is 2.40. The molecule has 5 nitrogen and oxygen atoms in total. The third-order valence-electron chi connectivity index (χ3n) is 6.04. The molecule has 2 heterocycles. The Morgan fingerprint density at radius 2 is 1.73 bits per heavy atom. The van der Waals surface area contributed by atoms with Gasteiger partial charge in [0, 0.05) is 42.0 Å². The van der Waals surface area contributed by atoms with E-state index in [1.807, 2.05) is 32.9 Å². The SMILES string of the molecule is CC(C)(C)OC(=O)N1CCN(c2nc(C3(c4ccc(Cl)cc4)CCCC3)cs2)CC1. The van der Waals surface area contributed by atoms with E-state index in [9.17, 15) is 4.79 Å². The molecule has 162 valence electrons. The lowest BCUT2D eigenvalue weighted by molar-refractivity contribution is 0.0240. The van der Waals surface area contributed by atoms with Gasteiger partial charge >= 0.3 is 6.09 Å². The maximum atomic E-state index is 12.3. The molecule has 2 aromatic rings. The number of halogens is 1. The summed E-state index contributed by atoms with van der Waals surface area (Å²) in [7, 11) is 0. The molecule has 0 N–H and O–H groups in total. The molecule has 0 spiro atoms. The highest BCUT2D eigenvalue weighted by atomic mass is 35.5. The Hall–Kier alpha value is -1.79. The average Bonchev–Trinajstić information content (AvgIpc) is 3.38. The van der Waals surface area contributed by atoms with Gasteiger partial charge in [-0.3, -0.25) is 0 Å². The quantitative estimate of drug-likeness (QED) is 0.604. The van der Waals surface area contributed by atoms with Gasteiger partial charge in [-0.05, 0) is 51.3 Å². The number of rotatable bonds is 3. The number of piperazine rings is 1. The molecule has 1 amide bonds. The van der Waals surface area contributed by atoms with Crippen molar-refractivity contribution < 1.29 is 9.53 Å². The van der Waals surface area contributed by atoms with Crippen molar-refractivity contribution in [2.45, 2.75) is 57.5 Å². The van der Waals surface area contributed by atoms with Crippen LogP contribution in [0.4, 0.5) is 9.93 Å². The van der Waals surface area contributed by atoms with E-state index in [1.54, 1.807) is 16.2 Å². The summed E-state index contributed by atoms with van der Waals surface area (Å²) in [5.74, 6) is 0. The molecule has 1 saturated heterocycles. The van der Waals surface area contributed by atoms with E-state index in [4.69, 9.17) is 21.3 Å². The van der Waals surface area contributed by atoms with Crippen LogP contribution >= 0.6 is 22.9 Å². The van der Waals surface area contributed by atoms with Crippen molar-refractivity contribution in [1.82, 2.24) is 9.88 Å². The topological polar surface area (TPSA) is 45.7 Å². The standard InChI is InChI=1S/C23H30ClN3O2S/c1-22(2,3)29-21(28)27-14-12-26(13-15-27)20-25-19(16-30-20)23(10-4-5-11-23)17-6-8-18(24)9-7-17/h6-9,16H,4-5,10-15H2,1-3H3. The second kappa shape index (κ2) is 8.39. The number of aromatic nitrogens is 1. The van der Waals surface area contributed by atoms with Crippen LogP contribution in [0.15, 0.2) is 29.6 Å². The van der Waals surface area contributed by atoms with Crippen LogP contribution in [-0.2, 0) is 10.2 Å². The lowest BCUT2D eigenvalue weighted by Crippen LogP contribution is -2.50. The molecule has 1 aliphatic heterocycles. The molecule has 1 aromatic heterocycles. The molecule has 0 bridgehead atoms. The van der Waals surface area contributed by atoms with E-state index >= 15 is 0 Å². The molecule has 1 aliphatic carbocycles. The fraction of sp³-hybridized carbons (Fsp3) is 0.565. The first kappa shape index (κ1) is 21.4. The maximum Gasteiger partial charge on any atom is 0.410 e. The minimum atomic E-state index is -0.463.